The fraction of sp³-hybridized carbons (Fsp3) is 0.480. The van der Waals surface area contributed by atoms with Gasteiger partial charge in [0.2, 0.25) is 0 Å². The maximum Gasteiger partial charge on any atom is 0.258 e. The molecule has 9 heteroatoms. The minimum absolute atomic E-state index is 0.144. The highest BCUT2D eigenvalue weighted by Crippen LogP contribution is 2.41. The SMILES string of the molecule is Cc1nc([C@@H](C)c2cc(Cl)c(F)c(C(=O)NC3(C)CC(C)C3)c2OC(C)C)n2ccnc(N)c12. The molecule has 0 saturated heterocycles. The van der Waals surface area contributed by atoms with Gasteiger partial charge in [-0.1, -0.05) is 25.4 Å². The molecule has 1 saturated carbocycles. The smallest absolute Gasteiger partial charge is 0.258 e. The van der Waals surface area contributed by atoms with Crippen LogP contribution in [0.2, 0.25) is 5.02 Å². The van der Waals surface area contributed by atoms with Crippen LogP contribution < -0.4 is 15.8 Å². The molecule has 3 aromatic rings. The maximum atomic E-state index is 15.4. The summed E-state index contributed by atoms with van der Waals surface area (Å²) < 4.78 is 23.3. The minimum Gasteiger partial charge on any atom is -0.490 e. The van der Waals surface area contributed by atoms with Gasteiger partial charge in [-0.25, -0.2) is 14.4 Å². The topological polar surface area (TPSA) is 94.5 Å². The molecule has 0 aliphatic heterocycles. The van der Waals surface area contributed by atoms with E-state index in [-0.39, 0.29) is 33.9 Å². The number of benzene rings is 1. The number of nitrogen functional groups attached to an aromatic ring is 1. The first kappa shape index (κ1) is 24.3. The van der Waals surface area contributed by atoms with Gasteiger partial charge in [-0.3, -0.25) is 9.20 Å². The molecule has 0 bridgehead atoms. The van der Waals surface area contributed by atoms with Crippen LogP contribution in [0.1, 0.15) is 80.8 Å². The lowest BCUT2D eigenvalue weighted by Gasteiger charge is -2.44. The van der Waals surface area contributed by atoms with Crippen LogP contribution in [0.25, 0.3) is 5.52 Å². The third kappa shape index (κ3) is 4.19. The van der Waals surface area contributed by atoms with Gasteiger partial charge in [0.25, 0.3) is 5.91 Å². The molecule has 34 heavy (non-hydrogen) atoms. The zero-order valence-electron chi connectivity index (χ0n) is 20.4. The summed E-state index contributed by atoms with van der Waals surface area (Å²) in [5, 5.41) is 2.86. The molecule has 4 rings (SSSR count). The standard InChI is InChI=1S/C25H31ClFN5O2/c1-12(2)34-21-16(14(4)23-30-15(5)20-22(28)29-7-8-32(20)23)9-17(26)19(27)18(21)24(33)31-25(6)10-13(3)11-25/h7-9,12-14H,10-11H2,1-6H3,(H2,28,29)(H,31,33)/t13?,14-,25?/m0/s1. The Balaban J connectivity index is 1.86. The second-order valence-electron chi connectivity index (χ2n) is 9.97. The third-order valence-corrected chi connectivity index (χ3v) is 6.71. The average molecular weight is 488 g/mol. The summed E-state index contributed by atoms with van der Waals surface area (Å²) in [5.74, 6) is -0.00498. The minimum atomic E-state index is -0.792. The van der Waals surface area contributed by atoms with Crippen molar-refractivity contribution in [2.75, 3.05) is 5.73 Å². The van der Waals surface area contributed by atoms with E-state index in [4.69, 9.17) is 27.1 Å². The number of ether oxygens (including phenoxy) is 1. The number of nitrogens with one attached hydrogen (secondary N) is 1. The molecule has 0 unspecified atom stereocenters. The van der Waals surface area contributed by atoms with E-state index in [1.807, 2.05) is 39.0 Å². The first-order valence-electron chi connectivity index (χ1n) is 11.5. The summed E-state index contributed by atoms with van der Waals surface area (Å²) in [6, 6.07) is 1.52. The molecule has 3 N–H and O–H groups in total. The lowest BCUT2D eigenvalue weighted by atomic mass is 9.70. The third-order valence-electron chi connectivity index (χ3n) is 6.43. The first-order valence-corrected chi connectivity index (χ1v) is 11.9. The molecule has 2 heterocycles. The van der Waals surface area contributed by atoms with Gasteiger partial charge < -0.3 is 15.8 Å². The predicted molar refractivity (Wildman–Crippen MR) is 131 cm³/mol. The number of hydrogen-bond donors (Lipinski definition) is 2. The molecular formula is C25H31ClFN5O2. The Hall–Kier alpha value is -2.87. The van der Waals surface area contributed by atoms with Gasteiger partial charge in [0.1, 0.15) is 28.5 Å². The van der Waals surface area contributed by atoms with Crippen molar-refractivity contribution in [3.63, 3.8) is 0 Å². The summed E-state index contributed by atoms with van der Waals surface area (Å²) in [4.78, 5) is 22.2. The molecule has 1 fully saturated rings. The molecule has 0 radical (unpaired) electrons. The Labute approximate surface area is 203 Å². The summed E-state index contributed by atoms with van der Waals surface area (Å²) in [6.45, 7) is 11.5. The second kappa shape index (κ2) is 8.73. The van der Waals surface area contributed by atoms with E-state index in [0.717, 1.165) is 18.5 Å². The Kier molecular flexibility index (Phi) is 6.23. The van der Waals surface area contributed by atoms with Crippen molar-refractivity contribution in [2.24, 2.45) is 5.92 Å². The number of imidazole rings is 1. The number of nitrogens with zero attached hydrogens (tertiary/aromatic N) is 3. The molecule has 182 valence electrons. The van der Waals surface area contributed by atoms with Gasteiger partial charge in [-0.15, -0.1) is 0 Å². The normalized spacial score (nSPS) is 20.9. The Morgan fingerprint density at radius 2 is 2.06 bits per heavy atom. The highest BCUT2D eigenvalue weighted by atomic mass is 35.5. The summed E-state index contributed by atoms with van der Waals surface area (Å²) >= 11 is 6.33. The van der Waals surface area contributed by atoms with Crippen molar-refractivity contribution in [1.82, 2.24) is 19.7 Å². The zero-order chi connectivity index (χ0) is 24.9. The number of anilines is 1. The van der Waals surface area contributed by atoms with Crippen molar-refractivity contribution in [2.45, 2.75) is 71.9 Å². The second-order valence-corrected chi connectivity index (χ2v) is 10.4. The number of rotatable bonds is 6. The van der Waals surface area contributed by atoms with Crippen molar-refractivity contribution in [3.8, 4) is 5.75 Å². The fourth-order valence-corrected chi connectivity index (χ4v) is 5.36. The van der Waals surface area contributed by atoms with Crippen LogP contribution >= 0.6 is 11.6 Å². The zero-order valence-corrected chi connectivity index (χ0v) is 21.1. The van der Waals surface area contributed by atoms with E-state index in [2.05, 4.69) is 17.2 Å². The number of amides is 1. The Bertz CT molecular complexity index is 1270. The van der Waals surface area contributed by atoms with Gasteiger partial charge in [0.05, 0.1) is 16.8 Å². The van der Waals surface area contributed by atoms with Crippen LogP contribution in [-0.4, -0.2) is 31.9 Å². The number of aromatic nitrogens is 3. The summed E-state index contributed by atoms with van der Waals surface area (Å²) in [6.07, 6.45) is 4.74. The molecular weight excluding hydrogens is 457 g/mol. The van der Waals surface area contributed by atoms with E-state index in [9.17, 15) is 4.79 Å². The molecule has 1 aliphatic rings. The average Bonchev–Trinajstić information content (AvgIpc) is 3.06. The largest absolute Gasteiger partial charge is 0.490 e. The molecule has 7 nitrogen and oxygen atoms in total. The number of aryl methyl sites for hydroxylation is 1. The van der Waals surface area contributed by atoms with E-state index in [1.165, 1.54) is 6.07 Å². The van der Waals surface area contributed by atoms with Crippen LogP contribution in [0, 0.1) is 18.7 Å². The van der Waals surface area contributed by atoms with Crippen LogP contribution in [0.3, 0.4) is 0 Å². The van der Waals surface area contributed by atoms with Crippen LogP contribution in [0.5, 0.6) is 5.75 Å². The van der Waals surface area contributed by atoms with Crippen LogP contribution in [0.15, 0.2) is 18.5 Å². The van der Waals surface area contributed by atoms with Crippen LogP contribution in [0.4, 0.5) is 10.2 Å². The van der Waals surface area contributed by atoms with Crippen molar-refractivity contribution in [3.05, 3.63) is 51.9 Å². The maximum absolute atomic E-state index is 15.4. The fourth-order valence-electron chi connectivity index (χ4n) is 5.15. The number of nitrogens with two attached hydrogens (primary N) is 1. The number of carbonyl (C=O) groups is 1. The first-order chi connectivity index (χ1) is 15.9. The molecule has 1 aliphatic carbocycles. The number of halogens is 2. The van der Waals surface area contributed by atoms with Gasteiger partial charge in [0.15, 0.2) is 5.82 Å². The van der Waals surface area contributed by atoms with E-state index < -0.39 is 11.7 Å². The van der Waals surface area contributed by atoms with Gasteiger partial charge in [-0.2, -0.15) is 0 Å². The number of hydrogen-bond acceptors (Lipinski definition) is 5. The Morgan fingerprint density at radius 3 is 2.68 bits per heavy atom. The van der Waals surface area contributed by atoms with Gasteiger partial charge in [0, 0.05) is 29.4 Å². The van der Waals surface area contributed by atoms with E-state index >= 15 is 4.39 Å². The Morgan fingerprint density at radius 1 is 1.38 bits per heavy atom. The van der Waals surface area contributed by atoms with Crippen molar-refractivity contribution in [1.29, 1.82) is 0 Å². The predicted octanol–water partition coefficient (Wildman–Crippen LogP) is 5.27. The van der Waals surface area contributed by atoms with Gasteiger partial charge >= 0.3 is 0 Å². The molecule has 0 spiro atoms. The molecule has 1 aromatic carbocycles. The van der Waals surface area contributed by atoms with E-state index in [0.29, 0.717) is 28.6 Å². The van der Waals surface area contributed by atoms with E-state index in [1.54, 1.807) is 12.4 Å². The number of fused-ring (bicyclic) bond motifs is 1. The molecule has 1 amide bonds. The highest BCUT2D eigenvalue weighted by Gasteiger charge is 2.40. The summed E-state index contributed by atoms with van der Waals surface area (Å²) in [7, 11) is 0. The monoisotopic (exact) mass is 487 g/mol. The summed E-state index contributed by atoms with van der Waals surface area (Å²) in [5.41, 5.74) is 7.51. The van der Waals surface area contributed by atoms with Crippen molar-refractivity contribution < 1.29 is 13.9 Å². The number of carbonyl (C=O) groups excluding carboxylic acids is 1. The quantitative estimate of drug-likeness (QED) is 0.494. The lowest BCUT2D eigenvalue weighted by Crippen LogP contribution is -2.54. The van der Waals surface area contributed by atoms with Crippen molar-refractivity contribution >= 4 is 28.8 Å². The highest BCUT2D eigenvalue weighted by molar-refractivity contribution is 6.31. The van der Waals surface area contributed by atoms with Crippen LogP contribution in [-0.2, 0) is 0 Å². The van der Waals surface area contributed by atoms with Gasteiger partial charge in [-0.05, 0) is 52.5 Å². The lowest BCUT2D eigenvalue weighted by molar-refractivity contribution is 0.0762. The molecule has 2 aromatic heterocycles. The molecule has 1 atom stereocenters.